The highest BCUT2D eigenvalue weighted by Crippen LogP contribution is 2.06. The average molecular weight is 341 g/mol. The van der Waals surface area contributed by atoms with E-state index in [0.29, 0.717) is 0 Å². The van der Waals surface area contributed by atoms with Crippen LogP contribution in [0, 0.1) is 0 Å². The summed E-state index contributed by atoms with van der Waals surface area (Å²) < 4.78 is 47.8. The molecule has 0 amide bonds. The van der Waals surface area contributed by atoms with Gasteiger partial charge in [0.15, 0.2) is 0 Å². The van der Waals surface area contributed by atoms with Crippen LogP contribution in [0.5, 0.6) is 0 Å². The molecule has 0 aromatic carbocycles. The molecule has 23 heavy (non-hydrogen) atoms. The Balaban J connectivity index is 0. The molecule has 1 rings (SSSR count). The van der Waals surface area contributed by atoms with Crippen LogP contribution in [-0.4, -0.2) is 43.5 Å². The summed E-state index contributed by atoms with van der Waals surface area (Å²) in [5.74, 6) is 0. The van der Waals surface area contributed by atoms with Crippen molar-refractivity contribution in [3.05, 3.63) is 37.1 Å². The Hall–Kier alpha value is -2.13. The van der Waals surface area contributed by atoms with Crippen molar-refractivity contribution in [2.45, 2.75) is 20.8 Å². The van der Waals surface area contributed by atoms with Crippen molar-refractivity contribution in [1.82, 2.24) is 9.80 Å². The summed E-state index contributed by atoms with van der Waals surface area (Å²) in [6, 6.07) is 0. The highest BCUT2D eigenvalue weighted by Gasteiger charge is 2.20. The lowest BCUT2D eigenvalue weighted by Gasteiger charge is -2.14. The third-order valence-corrected chi connectivity index (χ3v) is 1.94. The molecule has 1 heterocycles. The van der Waals surface area contributed by atoms with Crippen molar-refractivity contribution in [2.75, 3.05) is 20.3 Å². The number of halogens is 4. The average Bonchev–Trinajstić information content (AvgIpc) is 2.87. The molecule has 0 unspecified atom stereocenters. The predicted octanol–water partition coefficient (Wildman–Crippen LogP) is 4.19. The number of nitrogens with zero attached hydrogens (tertiary/aromatic N) is 2. The first kappa shape index (κ1) is 23.1. The summed E-state index contributed by atoms with van der Waals surface area (Å²) in [4.78, 5) is 14.8. The molecular formula is C13H22BF4N2O3-. The summed E-state index contributed by atoms with van der Waals surface area (Å²) in [7, 11) is -3.92. The fraction of sp³-hybridized carbons (Fsp3) is 0.462. The van der Waals surface area contributed by atoms with E-state index in [4.69, 9.17) is 0 Å². The lowest BCUT2D eigenvalue weighted by Crippen LogP contribution is -2.21. The predicted molar refractivity (Wildman–Crippen MR) is 81.5 cm³/mol. The van der Waals surface area contributed by atoms with Gasteiger partial charge in [0.25, 0.3) is 0 Å². The summed E-state index contributed by atoms with van der Waals surface area (Å²) in [5, 5.41) is 0. The van der Waals surface area contributed by atoms with E-state index in [1.54, 1.807) is 26.0 Å². The molecule has 0 aliphatic carbocycles. The zero-order valence-electron chi connectivity index (χ0n) is 13.6. The first-order valence-corrected chi connectivity index (χ1v) is 6.73. The van der Waals surface area contributed by atoms with Crippen LogP contribution in [0.1, 0.15) is 20.8 Å². The largest absolute Gasteiger partial charge is 0.673 e. The van der Waals surface area contributed by atoms with Crippen LogP contribution in [-0.2, 0) is 9.47 Å². The highest BCUT2D eigenvalue weighted by atomic mass is 19.5. The maximum atomic E-state index is 10.4. The minimum atomic E-state index is -6.00. The molecule has 0 saturated carbocycles. The van der Waals surface area contributed by atoms with Gasteiger partial charge in [-0.2, -0.15) is 0 Å². The molecule has 0 fully saturated rings. The number of carbonyl (C=O) groups excluding carboxylic acids is 1. The van der Waals surface area contributed by atoms with Crippen LogP contribution < -0.4 is 0 Å². The number of carbonyl (C=O) groups is 1. The first-order chi connectivity index (χ1) is 10.6. The van der Waals surface area contributed by atoms with Crippen LogP contribution in [0.4, 0.5) is 22.1 Å². The quantitative estimate of drug-likeness (QED) is 0.333. The van der Waals surface area contributed by atoms with Gasteiger partial charge in [0.1, 0.15) is 0 Å². The van der Waals surface area contributed by atoms with E-state index in [9.17, 15) is 22.1 Å². The van der Waals surface area contributed by atoms with Gasteiger partial charge in [-0.3, -0.25) is 0 Å². The standard InChI is InChI=1S/C7H10O3.C6H12N2.BF4/c1-3-5-9-7(8)10-6-4-2;1-3-8-5-4-7(2)6-8;2-1(3,4)5/h3-6H,1-2H3;4-5H,3,6H2,1-2H3;/q;;-1. The second-order valence-corrected chi connectivity index (χ2v) is 4.02. The van der Waals surface area contributed by atoms with Gasteiger partial charge in [0, 0.05) is 26.0 Å². The highest BCUT2D eigenvalue weighted by molar-refractivity contribution is 6.50. The summed E-state index contributed by atoms with van der Waals surface area (Å²) in [6.45, 7) is 7.80. The van der Waals surface area contributed by atoms with E-state index in [-0.39, 0.29) is 0 Å². The van der Waals surface area contributed by atoms with E-state index >= 15 is 0 Å². The number of allylic oxidation sites excluding steroid dienone is 2. The third kappa shape index (κ3) is 22.3. The smallest absolute Gasteiger partial charge is 0.418 e. The molecule has 1 aliphatic rings. The van der Waals surface area contributed by atoms with Crippen LogP contribution >= 0.6 is 0 Å². The van der Waals surface area contributed by atoms with Gasteiger partial charge in [-0.05, 0) is 20.8 Å². The molecule has 0 bridgehead atoms. The molecule has 0 radical (unpaired) electrons. The van der Waals surface area contributed by atoms with Crippen LogP contribution in [0.25, 0.3) is 0 Å². The maximum absolute atomic E-state index is 10.4. The van der Waals surface area contributed by atoms with Gasteiger partial charge in [-0.25, -0.2) is 4.79 Å². The van der Waals surface area contributed by atoms with E-state index in [2.05, 4.69) is 45.6 Å². The normalized spacial score (nSPS) is 13.6. The van der Waals surface area contributed by atoms with Crippen LogP contribution in [0.3, 0.4) is 0 Å². The molecule has 1 aliphatic heterocycles. The van der Waals surface area contributed by atoms with Gasteiger partial charge in [0.2, 0.25) is 0 Å². The zero-order valence-corrected chi connectivity index (χ0v) is 13.6. The van der Waals surface area contributed by atoms with Crippen molar-refractivity contribution < 1.29 is 31.5 Å². The molecular weight excluding hydrogens is 319 g/mol. The van der Waals surface area contributed by atoms with Gasteiger partial charge >= 0.3 is 13.4 Å². The first-order valence-electron chi connectivity index (χ1n) is 6.73. The molecule has 0 aromatic heterocycles. The van der Waals surface area contributed by atoms with E-state index in [0.717, 1.165) is 13.2 Å². The topological polar surface area (TPSA) is 42.0 Å². The van der Waals surface area contributed by atoms with Crippen LogP contribution in [0.2, 0.25) is 0 Å². The molecule has 0 N–H and O–H groups in total. The molecule has 5 nitrogen and oxygen atoms in total. The Morgan fingerprint density at radius 1 is 1.13 bits per heavy atom. The van der Waals surface area contributed by atoms with E-state index in [1.165, 1.54) is 12.5 Å². The number of hydrogen-bond donors (Lipinski definition) is 0. The Bertz CT molecular complexity index is 379. The van der Waals surface area contributed by atoms with Crippen molar-refractivity contribution in [1.29, 1.82) is 0 Å². The third-order valence-electron chi connectivity index (χ3n) is 1.94. The summed E-state index contributed by atoms with van der Waals surface area (Å²) in [6.07, 6.45) is 9.17. The number of hydrogen-bond acceptors (Lipinski definition) is 5. The minimum Gasteiger partial charge on any atom is -0.418 e. The molecule has 0 saturated heterocycles. The minimum absolute atomic E-state index is 0.726. The Morgan fingerprint density at radius 2 is 1.57 bits per heavy atom. The Morgan fingerprint density at radius 3 is 1.78 bits per heavy atom. The lowest BCUT2D eigenvalue weighted by atomic mass is 10.3. The zero-order chi connectivity index (χ0) is 18.3. The molecule has 134 valence electrons. The Kier molecular flexibility index (Phi) is 13.6. The van der Waals surface area contributed by atoms with Gasteiger partial charge < -0.3 is 36.5 Å². The number of ether oxygens (including phenoxy) is 2. The van der Waals surface area contributed by atoms with Crippen molar-refractivity contribution in [2.24, 2.45) is 0 Å². The summed E-state index contributed by atoms with van der Waals surface area (Å²) in [5.41, 5.74) is 0. The van der Waals surface area contributed by atoms with E-state index in [1.807, 2.05) is 0 Å². The van der Waals surface area contributed by atoms with Crippen molar-refractivity contribution in [3.63, 3.8) is 0 Å². The lowest BCUT2D eigenvalue weighted by molar-refractivity contribution is 0.119. The number of rotatable bonds is 3. The second-order valence-electron chi connectivity index (χ2n) is 4.02. The fourth-order valence-electron chi connectivity index (χ4n) is 1.07. The maximum Gasteiger partial charge on any atom is 0.673 e. The van der Waals surface area contributed by atoms with Gasteiger partial charge in [-0.1, -0.05) is 12.2 Å². The fourth-order valence-corrected chi connectivity index (χ4v) is 1.07. The van der Waals surface area contributed by atoms with Crippen molar-refractivity contribution >= 4 is 13.4 Å². The van der Waals surface area contributed by atoms with Crippen LogP contribution in [0.15, 0.2) is 37.1 Å². The van der Waals surface area contributed by atoms with Gasteiger partial charge in [0.05, 0.1) is 19.2 Å². The van der Waals surface area contributed by atoms with E-state index < -0.39 is 13.4 Å². The molecule has 0 aromatic rings. The summed E-state index contributed by atoms with van der Waals surface area (Å²) >= 11 is 0. The van der Waals surface area contributed by atoms with Gasteiger partial charge in [-0.15, -0.1) is 0 Å². The molecule has 0 atom stereocenters. The molecule has 10 heteroatoms. The Labute approximate surface area is 133 Å². The van der Waals surface area contributed by atoms with Crippen molar-refractivity contribution in [3.8, 4) is 0 Å². The second kappa shape index (κ2) is 13.5. The SMILES string of the molecule is CC=COC(=O)OC=CC.CCN1C=CN(C)C1.F[B-](F)(F)F. The molecule has 0 spiro atoms. The monoisotopic (exact) mass is 341 g/mol.